The molecule has 1 rings (SSSR count). The molecule has 0 aliphatic heterocycles. The van der Waals surface area contributed by atoms with E-state index < -0.39 is 5.97 Å². The first-order valence-electron chi connectivity index (χ1n) is 3.42. The summed E-state index contributed by atoms with van der Waals surface area (Å²) in [5.41, 5.74) is 2.26. The van der Waals surface area contributed by atoms with Crippen molar-refractivity contribution in [1.29, 1.82) is 0 Å². The van der Waals surface area contributed by atoms with Gasteiger partial charge in [0.2, 0.25) is 0 Å². The molecular weight excluding hydrogens is 176 g/mol. The number of carboxylic acid groups (broad SMARTS) is 1. The molecule has 0 aromatic heterocycles. The van der Waals surface area contributed by atoms with Crippen molar-refractivity contribution in [3.63, 3.8) is 0 Å². The Balaban J connectivity index is -0.000000403. The maximum atomic E-state index is 10.6. The van der Waals surface area contributed by atoms with Gasteiger partial charge in [0.1, 0.15) is 0 Å². The van der Waals surface area contributed by atoms with E-state index in [2.05, 4.69) is 0 Å². The molecule has 0 bridgehead atoms. The second-order valence-electron chi connectivity index (χ2n) is 2.55. The zero-order chi connectivity index (χ0) is 8.43. The minimum Gasteiger partial charge on any atom is -0.478 e. The van der Waals surface area contributed by atoms with Crippen LogP contribution in [0.2, 0.25) is 0 Å². The first-order chi connectivity index (χ1) is 5.13. The molecule has 0 heterocycles. The molecule has 0 saturated heterocycles. The quantitative estimate of drug-likeness (QED) is 0.742. The van der Waals surface area contributed by atoms with Crippen molar-refractivity contribution in [2.75, 3.05) is 0 Å². The highest BCUT2D eigenvalue weighted by Gasteiger charge is 2.06. The van der Waals surface area contributed by atoms with Gasteiger partial charge in [0, 0.05) is 0 Å². The summed E-state index contributed by atoms with van der Waals surface area (Å²) in [4.78, 5) is 10.6. The van der Waals surface area contributed by atoms with E-state index in [1.165, 1.54) is 0 Å². The summed E-state index contributed by atoms with van der Waals surface area (Å²) in [5, 5.41) is 8.69. The number of rotatable bonds is 1. The number of aryl methyl sites for hydroxylation is 1. The average Bonchev–Trinajstić information content (AvgIpc) is 1.94. The molecule has 0 spiro atoms. The van der Waals surface area contributed by atoms with Crippen LogP contribution in [-0.2, 0) is 0 Å². The Bertz CT molecular complexity index is 290. The zero-order valence-electron chi connectivity index (χ0n) is 6.59. The molecule has 1 aromatic rings. The van der Waals surface area contributed by atoms with Gasteiger partial charge in [-0.25, -0.2) is 4.79 Å². The fourth-order valence-electron chi connectivity index (χ4n) is 0.983. The van der Waals surface area contributed by atoms with Gasteiger partial charge < -0.3 is 5.11 Å². The maximum absolute atomic E-state index is 10.6. The van der Waals surface area contributed by atoms with E-state index >= 15 is 0 Å². The Morgan fingerprint density at radius 2 is 1.64 bits per heavy atom. The Kier molecular flexibility index (Phi) is 9.40. The minimum absolute atomic E-state index is 0. The lowest BCUT2D eigenvalue weighted by atomic mass is 10.0. The standard InChI is InChI=1S/C9H10O2.3CH4/c1-6-4-3-5-8(7(6)2)9(10)11;;;/h3-5H,1-2H3,(H,10,11);3*1H4. The summed E-state index contributed by atoms with van der Waals surface area (Å²) in [6.07, 6.45) is 0. The SMILES string of the molecule is C.C.C.Cc1cccc(C(=O)O)c1C. The Labute approximate surface area is 87.6 Å². The summed E-state index contributed by atoms with van der Waals surface area (Å²) < 4.78 is 0. The van der Waals surface area contributed by atoms with Gasteiger partial charge in [-0.3, -0.25) is 0 Å². The van der Waals surface area contributed by atoms with Crippen LogP contribution in [0, 0.1) is 13.8 Å². The van der Waals surface area contributed by atoms with Crippen LogP contribution in [0.3, 0.4) is 0 Å². The van der Waals surface area contributed by atoms with Crippen LogP contribution in [-0.4, -0.2) is 11.1 Å². The van der Waals surface area contributed by atoms with Gasteiger partial charge in [0.15, 0.2) is 0 Å². The Morgan fingerprint density at radius 3 is 2.00 bits per heavy atom. The molecule has 0 aliphatic rings. The number of aromatic carboxylic acids is 1. The van der Waals surface area contributed by atoms with Crippen molar-refractivity contribution >= 4 is 5.97 Å². The first kappa shape index (κ1) is 18.5. The van der Waals surface area contributed by atoms with Crippen molar-refractivity contribution in [3.05, 3.63) is 34.9 Å². The van der Waals surface area contributed by atoms with Crippen LogP contribution in [0.5, 0.6) is 0 Å². The number of hydrogen-bond acceptors (Lipinski definition) is 1. The van der Waals surface area contributed by atoms with Crippen LogP contribution in [0.25, 0.3) is 0 Å². The van der Waals surface area contributed by atoms with Gasteiger partial charge in [0.25, 0.3) is 0 Å². The Morgan fingerprint density at radius 1 is 1.14 bits per heavy atom. The molecule has 14 heavy (non-hydrogen) atoms. The fourth-order valence-corrected chi connectivity index (χ4v) is 0.983. The van der Waals surface area contributed by atoms with Crippen molar-refractivity contribution < 1.29 is 9.90 Å². The molecule has 0 amide bonds. The molecule has 0 unspecified atom stereocenters. The highest BCUT2D eigenvalue weighted by atomic mass is 16.4. The summed E-state index contributed by atoms with van der Waals surface area (Å²) in [6, 6.07) is 5.28. The van der Waals surface area contributed by atoms with Crippen LogP contribution in [0.1, 0.15) is 43.8 Å². The third-order valence-electron chi connectivity index (χ3n) is 1.84. The number of hydrogen-bond donors (Lipinski definition) is 1. The molecule has 1 N–H and O–H groups in total. The van der Waals surface area contributed by atoms with E-state index in [-0.39, 0.29) is 22.3 Å². The van der Waals surface area contributed by atoms with E-state index in [1.807, 2.05) is 19.9 Å². The zero-order valence-corrected chi connectivity index (χ0v) is 6.59. The molecule has 1 aromatic carbocycles. The van der Waals surface area contributed by atoms with Gasteiger partial charge in [-0.15, -0.1) is 0 Å². The van der Waals surface area contributed by atoms with Crippen LogP contribution >= 0.6 is 0 Å². The normalized spacial score (nSPS) is 7.57. The molecule has 82 valence electrons. The van der Waals surface area contributed by atoms with Crippen LogP contribution in [0.4, 0.5) is 0 Å². The second-order valence-corrected chi connectivity index (χ2v) is 2.55. The number of carbonyl (C=O) groups is 1. The van der Waals surface area contributed by atoms with Crippen LogP contribution in [0.15, 0.2) is 18.2 Å². The first-order valence-corrected chi connectivity index (χ1v) is 3.42. The Hall–Kier alpha value is -1.31. The number of carboxylic acids is 1. The van der Waals surface area contributed by atoms with Gasteiger partial charge in [-0.2, -0.15) is 0 Å². The smallest absolute Gasteiger partial charge is 0.335 e. The van der Waals surface area contributed by atoms with E-state index in [4.69, 9.17) is 5.11 Å². The lowest BCUT2D eigenvalue weighted by Gasteiger charge is -2.02. The van der Waals surface area contributed by atoms with Crippen molar-refractivity contribution in [1.82, 2.24) is 0 Å². The lowest BCUT2D eigenvalue weighted by Crippen LogP contribution is -2.00. The maximum Gasteiger partial charge on any atom is 0.335 e. The van der Waals surface area contributed by atoms with Crippen molar-refractivity contribution in [2.24, 2.45) is 0 Å². The van der Waals surface area contributed by atoms with E-state index in [1.54, 1.807) is 12.1 Å². The predicted octanol–water partition coefficient (Wildman–Crippen LogP) is 3.91. The molecule has 0 radical (unpaired) electrons. The van der Waals surface area contributed by atoms with Crippen molar-refractivity contribution in [2.45, 2.75) is 36.1 Å². The average molecular weight is 198 g/mol. The van der Waals surface area contributed by atoms with Crippen molar-refractivity contribution in [3.8, 4) is 0 Å². The van der Waals surface area contributed by atoms with Gasteiger partial charge in [-0.1, -0.05) is 34.4 Å². The van der Waals surface area contributed by atoms with E-state index in [0.717, 1.165) is 11.1 Å². The minimum atomic E-state index is -0.855. The number of benzene rings is 1. The predicted molar refractivity (Wildman–Crippen MR) is 63.1 cm³/mol. The summed E-state index contributed by atoms with van der Waals surface area (Å²) in [5.74, 6) is -0.855. The third kappa shape index (κ3) is 3.60. The molecule has 0 fully saturated rings. The van der Waals surface area contributed by atoms with Gasteiger partial charge >= 0.3 is 5.97 Å². The highest BCUT2D eigenvalue weighted by molar-refractivity contribution is 5.89. The third-order valence-corrected chi connectivity index (χ3v) is 1.84. The fraction of sp³-hybridized carbons (Fsp3) is 0.417. The second kappa shape index (κ2) is 7.13. The summed E-state index contributed by atoms with van der Waals surface area (Å²) >= 11 is 0. The summed E-state index contributed by atoms with van der Waals surface area (Å²) in [6.45, 7) is 3.72. The summed E-state index contributed by atoms with van der Waals surface area (Å²) in [7, 11) is 0. The topological polar surface area (TPSA) is 37.3 Å². The lowest BCUT2D eigenvalue weighted by molar-refractivity contribution is 0.0696. The monoisotopic (exact) mass is 198 g/mol. The molecule has 0 saturated carbocycles. The molecule has 2 nitrogen and oxygen atoms in total. The van der Waals surface area contributed by atoms with Gasteiger partial charge in [-0.05, 0) is 31.0 Å². The molecule has 0 atom stereocenters. The highest BCUT2D eigenvalue weighted by Crippen LogP contribution is 2.11. The van der Waals surface area contributed by atoms with E-state index in [9.17, 15) is 4.79 Å². The molecule has 0 aliphatic carbocycles. The largest absolute Gasteiger partial charge is 0.478 e. The van der Waals surface area contributed by atoms with Gasteiger partial charge in [0.05, 0.1) is 5.56 Å². The van der Waals surface area contributed by atoms with E-state index in [0.29, 0.717) is 5.56 Å². The molecule has 2 heteroatoms. The van der Waals surface area contributed by atoms with Crippen LogP contribution < -0.4 is 0 Å². The molecular formula is C12H22O2.